The number of hydrogen-bond donors (Lipinski definition) is 1. The Hall–Kier alpha value is -2.18. The minimum absolute atomic E-state index is 0.0607. The average Bonchev–Trinajstić information content (AvgIpc) is 3.07. The molecule has 1 aliphatic heterocycles. The molecule has 6 heteroatoms. The highest BCUT2D eigenvalue weighted by atomic mass is 32.1. The van der Waals surface area contributed by atoms with Gasteiger partial charge in [0.15, 0.2) is 5.78 Å². The van der Waals surface area contributed by atoms with E-state index in [0.717, 1.165) is 46.1 Å². The number of morpholine rings is 1. The zero-order valence-electron chi connectivity index (χ0n) is 18.2. The molecular formula is C24H30N2O3S. The van der Waals surface area contributed by atoms with Crippen molar-refractivity contribution in [3.8, 4) is 11.1 Å². The Labute approximate surface area is 182 Å². The van der Waals surface area contributed by atoms with Gasteiger partial charge >= 0.3 is 0 Å². The molecule has 0 saturated carbocycles. The number of rotatable bonds is 4. The van der Waals surface area contributed by atoms with Gasteiger partial charge in [-0.1, -0.05) is 26.0 Å². The Kier molecular flexibility index (Phi) is 5.73. The molecule has 5 nitrogen and oxygen atoms in total. The van der Waals surface area contributed by atoms with Crippen LogP contribution in [0.4, 0.5) is 5.00 Å². The third kappa shape index (κ3) is 4.16. The molecule has 0 radical (unpaired) electrons. The largest absolute Gasteiger partial charge is 0.378 e. The average molecular weight is 427 g/mol. The lowest BCUT2D eigenvalue weighted by molar-refractivity contribution is 0.0914. The van der Waals surface area contributed by atoms with Crippen molar-refractivity contribution in [3.05, 3.63) is 40.3 Å². The van der Waals surface area contributed by atoms with Gasteiger partial charge < -0.3 is 15.0 Å². The molecule has 30 heavy (non-hydrogen) atoms. The van der Waals surface area contributed by atoms with E-state index in [-0.39, 0.29) is 23.1 Å². The quantitative estimate of drug-likeness (QED) is 0.780. The second-order valence-corrected chi connectivity index (χ2v) is 10.3. The topological polar surface area (TPSA) is 58.6 Å². The number of fused-ring (bicyclic) bond motifs is 1. The van der Waals surface area contributed by atoms with E-state index in [1.54, 1.807) is 11.3 Å². The number of ether oxygens (including phenoxy) is 1. The van der Waals surface area contributed by atoms with Crippen LogP contribution in [0.3, 0.4) is 0 Å². The SMILES string of the molecule is CC(C)NC(=O)c1cccc(-c2c(N3CCOCC3)sc3c2CC(C)(C)CC3=O)c1. The second kappa shape index (κ2) is 8.16. The van der Waals surface area contributed by atoms with Crippen molar-refractivity contribution in [2.24, 2.45) is 5.41 Å². The van der Waals surface area contributed by atoms with Gasteiger partial charge in [0, 0.05) is 36.7 Å². The molecule has 1 amide bonds. The fourth-order valence-electron chi connectivity index (χ4n) is 4.35. The van der Waals surface area contributed by atoms with Crippen LogP contribution >= 0.6 is 11.3 Å². The Bertz CT molecular complexity index is 971. The number of Topliss-reactive ketones (excluding diaryl/α,β-unsaturated/α-hetero) is 1. The zero-order valence-corrected chi connectivity index (χ0v) is 19.0. The Morgan fingerprint density at radius 1 is 1.20 bits per heavy atom. The molecule has 0 spiro atoms. The first-order valence-electron chi connectivity index (χ1n) is 10.7. The Morgan fingerprint density at radius 3 is 2.63 bits per heavy atom. The molecular weight excluding hydrogens is 396 g/mol. The summed E-state index contributed by atoms with van der Waals surface area (Å²) in [4.78, 5) is 28.8. The second-order valence-electron chi connectivity index (χ2n) is 9.34. The lowest BCUT2D eigenvalue weighted by Gasteiger charge is -2.30. The number of carbonyl (C=O) groups excluding carboxylic acids is 2. The van der Waals surface area contributed by atoms with Crippen molar-refractivity contribution in [1.82, 2.24) is 5.32 Å². The summed E-state index contributed by atoms with van der Waals surface area (Å²) >= 11 is 1.62. The molecule has 2 heterocycles. The summed E-state index contributed by atoms with van der Waals surface area (Å²) in [6.45, 7) is 11.3. The Morgan fingerprint density at radius 2 is 1.93 bits per heavy atom. The maximum atomic E-state index is 13.0. The van der Waals surface area contributed by atoms with Crippen LogP contribution in [-0.2, 0) is 11.2 Å². The summed E-state index contributed by atoms with van der Waals surface area (Å²) in [5.74, 6) is 0.168. The van der Waals surface area contributed by atoms with Gasteiger partial charge in [0.25, 0.3) is 5.91 Å². The van der Waals surface area contributed by atoms with Crippen molar-refractivity contribution >= 4 is 28.0 Å². The smallest absolute Gasteiger partial charge is 0.251 e. The number of nitrogens with zero attached hydrogens (tertiary/aromatic N) is 1. The van der Waals surface area contributed by atoms with E-state index in [1.165, 1.54) is 0 Å². The van der Waals surface area contributed by atoms with Gasteiger partial charge in [-0.15, -0.1) is 11.3 Å². The normalized spacial score (nSPS) is 18.4. The summed E-state index contributed by atoms with van der Waals surface area (Å²) in [5, 5.41) is 4.11. The first-order chi connectivity index (χ1) is 14.2. The highest BCUT2D eigenvalue weighted by Gasteiger charge is 2.37. The molecule has 1 N–H and O–H groups in total. The van der Waals surface area contributed by atoms with Crippen molar-refractivity contribution in [2.75, 3.05) is 31.2 Å². The number of anilines is 1. The van der Waals surface area contributed by atoms with Crippen molar-refractivity contribution in [3.63, 3.8) is 0 Å². The predicted molar refractivity (Wildman–Crippen MR) is 122 cm³/mol. The van der Waals surface area contributed by atoms with Gasteiger partial charge in [-0.05, 0) is 48.9 Å². The number of hydrogen-bond acceptors (Lipinski definition) is 5. The summed E-state index contributed by atoms with van der Waals surface area (Å²) in [5.41, 5.74) is 3.86. The number of thiophene rings is 1. The molecule has 1 aromatic heterocycles. The van der Waals surface area contributed by atoms with Crippen LogP contribution in [0.25, 0.3) is 11.1 Å². The number of benzene rings is 1. The van der Waals surface area contributed by atoms with Gasteiger partial charge in [-0.2, -0.15) is 0 Å². The van der Waals surface area contributed by atoms with Crippen molar-refractivity contribution < 1.29 is 14.3 Å². The molecule has 1 aromatic carbocycles. The molecule has 2 aromatic rings. The molecule has 4 rings (SSSR count). The van der Waals surface area contributed by atoms with E-state index < -0.39 is 0 Å². The number of carbonyl (C=O) groups is 2. The molecule has 1 aliphatic carbocycles. The monoisotopic (exact) mass is 426 g/mol. The van der Waals surface area contributed by atoms with E-state index in [0.29, 0.717) is 25.2 Å². The number of nitrogens with one attached hydrogen (secondary N) is 1. The van der Waals surface area contributed by atoms with Crippen LogP contribution in [0.5, 0.6) is 0 Å². The first-order valence-corrected chi connectivity index (χ1v) is 11.5. The third-order valence-corrected chi connectivity index (χ3v) is 7.00. The molecule has 0 bridgehead atoms. The lowest BCUT2D eigenvalue weighted by atomic mass is 9.75. The maximum absolute atomic E-state index is 13.0. The summed E-state index contributed by atoms with van der Waals surface area (Å²) in [6, 6.07) is 7.90. The molecule has 160 valence electrons. The van der Waals surface area contributed by atoms with E-state index in [1.807, 2.05) is 32.0 Å². The van der Waals surface area contributed by atoms with Crippen molar-refractivity contribution in [1.29, 1.82) is 0 Å². The maximum Gasteiger partial charge on any atom is 0.251 e. The van der Waals surface area contributed by atoms with E-state index in [9.17, 15) is 9.59 Å². The van der Waals surface area contributed by atoms with Crippen LogP contribution in [0.15, 0.2) is 24.3 Å². The minimum atomic E-state index is -0.0692. The highest BCUT2D eigenvalue weighted by Crippen LogP contribution is 2.49. The van der Waals surface area contributed by atoms with Gasteiger partial charge in [0.05, 0.1) is 23.1 Å². The fraction of sp³-hybridized carbons (Fsp3) is 0.500. The third-order valence-electron chi connectivity index (χ3n) is 5.67. The first kappa shape index (κ1) is 21.1. The van der Waals surface area contributed by atoms with Crippen LogP contribution in [0.1, 0.15) is 59.7 Å². The minimum Gasteiger partial charge on any atom is -0.378 e. The molecule has 1 fully saturated rings. The van der Waals surface area contributed by atoms with E-state index in [4.69, 9.17) is 4.74 Å². The number of amides is 1. The fourth-order valence-corrected chi connectivity index (χ4v) is 5.68. The molecule has 2 aliphatic rings. The van der Waals surface area contributed by atoms with Crippen LogP contribution in [0, 0.1) is 5.41 Å². The van der Waals surface area contributed by atoms with Crippen LogP contribution in [-0.4, -0.2) is 44.0 Å². The molecule has 1 saturated heterocycles. The highest BCUT2D eigenvalue weighted by molar-refractivity contribution is 7.19. The van der Waals surface area contributed by atoms with Gasteiger partial charge in [0.2, 0.25) is 0 Å². The van der Waals surface area contributed by atoms with Gasteiger partial charge in [0.1, 0.15) is 0 Å². The van der Waals surface area contributed by atoms with Crippen LogP contribution < -0.4 is 10.2 Å². The Balaban J connectivity index is 1.84. The van der Waals surface area contributed by atoms with Gasteiger partial charge in [-0.3, -0.25) is 9.59 Å². The summed E-state index contributed by atoms with van der Waals surface area (Å²) in [7, 11) is 0. The standard InChI is InChI=1S/C24H30N2O3S/c1-15(2)25-22(28)17-7-5-6-16(12-17)20-18-13-24(3,4)14-19(27)21(18)30-23(20)26-8-10-29-11-9-26/h5-7,12,15H,8-11,13-14H2,1-4H3,(H,25,28). The predicted octanol–water partition coefficient (Wildman–Crippen LogP) is 4.55. The molecule has 0 unspecified atom stereocenters. The van der Waals surface area contributed by atoms with E-state index in [2.05, 4.69) is 30.1 Å². The zero-order chi connectivity index (χ0) is 21.5. The van der Waals surface area contributed by atoms with E-state index >= 15 is 0 Å². The summed E-state index contributed by atoms with van der Waals surface area (Å²) in [6.07, 6.45) is 1.45. The van der Waals surface area contributed by atoms with Crippen LogP contribution in [0.2, 0.25) is 0 Å². The summed E-state index contributed by atoms with van der Waals surface area (Å²) < 4.78 is 5.55. The number of ketones is 1. The molecule has 0 atom stereocenters. The lowest BCUT2D eigenvalue weighted by Crippen LogP contribution is -2.36. The van der Waals surface area contributed by atoms with Gasteiger partial charge in [-0.25, -0.2) is 0 Å². The van der Waals surface area contributed by atoms with Crippen molar-refractivity contribution in [2.45, 2.75) is 46.6 Å².